The number of rotatable bonds is 5. The smallest absolute Gasteiger partial charge is 0.238 e. The number of nitrogens with one attached hydrogen (secondary N) is 1. The highest BCUT2D eigenvalue weighted by Gasteiger charge is 2.70. The van der Waals surface area contributed by atoms with Crippen LogP contribution in [-0.2, 0) is 10.2 Å². The number of nitrogens with zero attached hydrogens (tertiary/aromatic N) is 2. The Bertz CT molecular complexity index is 1720. The summed E-state index contributed by atoms with van der Waals surface area (Å²) < 4.78 is 5.41. The molecule has 3 aliphatic heterocycles. The standard InChI is InChI=1S/C33H25N3O4/c1-40-23-11-6-9-21(18-23)31(38)29-28(30(37)22-10-7-17-34-19-22)33(24-12-3-4-13-25(24)35-32(33)39)27-16-15-20-8-2-5-14-26(20)36(27)29/h2-19,27-29H,1H3,(H,35,39). The molecule has 7 heteroatoms. The molecule has 1 amide bonds. The third-order valence-electron chi connectivity index (χ3n) is 8.39. The minimum Gasteiger partial charge on any atom is -0.497 e. The topological polar surface area (TPSA) is 88.6 Å². The zero-order valence-electron chi connectivity index (χ0n) is 21.7. The molecule has 1 spiro atoms. The third kappa shape index (κ3) is 3.24. The van der Waals surface area contributed by atoms with Crippen LogP contribution in [0.25, 0.3) is 6.08 Å². The van der Waals surface area contributed by atoms with Crippen LogP contribution < -0.4 is 15.0 Å². The molecule has 1 aromatic heterocycles. The van der Waals surface area contributed by atoms with Crippen molar-refractivity contribution in [2.45, 2.75) is 17.5 Å². The van der Waals surface area contributed by atoms with Crippen LogP contribution in [0.2, 0.25) is 0 Å². The van der Waals surface area contributed by atoms with Gasteiger partial charge < -0.3 is 15.0 Å². The number of methoxy groups -OCH3 is 1. The molecule has 0 bridgehead atoms. The normalized spacial score (nSPS) is 23.8. The minimum atomic E-state index is -1.35. The van der Waals surface area contributed by atoms with Crippen LogP contribution in [-0.4, -0.2) is 41.7 Å². The Morgan fingerprint density at radius 2 is 1.73 bits per heavy atom. The van der Waals surface area contributed by atoms with Gasteiger partial charge in [0.15, 0.2) is 11.6 Å². The van der Waals surface area contributed by atoms with E-state index in [0.29, 0.717) is 28.1 Å². The fraction of sp³-hybridized carbons (Fsp3) is 0.152. The second kappa shape index (κ2) is 9.02. The van der Waals surface area contributed by atoms with Gasteiger partial charge in [0.05, 0.1) is 19.1 Å². The quantitative estimate of drug-likeness (QED) is 0.370. The summed E-state index contributed by atoms with van der Waals surface area (Å²) in [6.07, 6.45) is 7.05. The van der Waals surface area contributed by atoms with E-state index in [0.717, 1.165) is 11.3 Å². The summed E-state index contributed by atoms with van der Waals surface area (Å²) in [7, 11) is 1.55. The zero-order chi connectivity index (χ0) is 27.4. The second-order valence-electron chi connectivity index (χ2n) is 10.3. The number of aromatic nitrogens is 1. The number of para-hydroxylation sites is 2. The van der Waals surface area contributed by atoms with Gasteiger partial charge in [0.2, 0.25) is 5.91 Å². The summed E-state index contributed by atoms with van der Waals surface area (Å²) in [6, 6.07) is 24.0. The predicted molar refractivity (Wildman–Crippen MR) is 152 cm³/mol. The number of benzene rings is 3. The molecular weight excluding hydrogens is 502 g/mol. The van der Waals surface area contributed by atoms with E-state index in [9.17, 15) is 14.4 Å². The lowest BCUT2D eigenvalue weighted by Crippen LogP contribution is -2.51. The van der Waals surface area contributed by atoms with Gasteiger partial charge in [-0.2, -0.15) is 0 Å². The molecule has 0 aliphatic carbocycles. The summed E-state index contributed by atoms with van der Waals surface area (Å²) in [5.41, 5.74) is 2.48. The summed E-state index contributed by atoms with van der Waals surface area (Å²) in [5, 5.41) is 3.04. The zero-order valence-corrected chi connectivity index (χ0v) is 21.7. The number of hydrogen-bond donors (Lipinski definition) is 1. The first kappa shape index (κ1) is 24.0. The molecule has 4 atom stereocenters. The average Bonchev–Trinajstić information content (AvgIpc) is 3.49. The lowest BCUT2D eigenvalue weighted by atomic mass is 9.64. The first-order valence-electron chi connectivity index (χ1n) is 13.1. The minimum absolute atomic E-state index is 0.259. The highest BCUT2D eigenvalue weighted by atomic mass is 16.5. The molecule has 4 aromatic rings. The van der Waals surface area contributed by atoms with Crippen LogP contribution in [0, 0.1) is 5.92 Å². The van der Waals surface area contributed by atoms with E-state index in [-0.39, 0.29) is 17.5 Å². The molecule has 1 saturated heterocycles. The Kier molecular flexibility index (Phi) is 5.42. The fourth-order valence-electron chi connectivity index (χ4n) is 6.75. The van der Waals surface area contributed by atoms with E-state index < -0.39 is 23.4 Å². The molecule has 0 saturated carbocycles. The molecule has 0 radical (unpaired) electrons. The van der Waals surface area contributed by atoms with Crippen LogP contribution in [0.4, 0.5) is 11.4 Å². The lowest BCUT2D eigenvalue weighted by molar-refractivity contribution is -0.121. The fourth-order valence-corrected chi connectivity index (χ4v) is 6.75. The van der Waals surface area contributed by atoms with Crippen molar-refractivity contribution in [1.82, 2.24) is 4.98 Å². The average molecular weight is 528 g/mol. The van der Waals surface area contributed by atoms with Crippen molar-refractivity contribution in [2.75, 3.05) is 17.3 Å². The van der Waals surface area contributed by atoms with Gasteiger partial charge in [0.25, 0.3) is 0 Å². The van der Waals surface area contributed by atoms with Gasteiger partial charge in [-0.1, -0.05) is 60.7 Å². The number of amides is 1. The van der Waals surface area contributed by atoms with E-state index in [1.165, 1.54) is 6.20 Å². The van der Waals surface area contributed by atoms with Gasteiger partial charge in [0.1, 0.15) is 17.2 Å². The largest absolute Gasteiger partial charge is 0.497 e. The molecule has 4 heterocycles. The second-order valence-corrected chi connectivity index (χ2v) is 10.3. The van der Waals surface area contributed by atoms with Crippen LogP contribution in [0.15, 0.2) is 103 Å². The van der Waals surface area contributed by atoms with Crippen LogP contribution in [0.5, 0.6) is 5.75 Å². The van der Waals surface area contributed by atoms with E-state index >= 15 is 0 Å². The van der Waals surface area contributed by atoms with Gasteiger partial charge in [-0.25, -0.2) is 0 Å². The maximum atomic E-state index is 14.7. The Balaban J connectivity index is 1.53. The van der Waals surface area contributed by atoms with E-state index in [1.54, 1.807) is 49.7 Å². The van der Waals surface area contributed by atoms with Crippen LogP contribution in [0.3, 0.4) is 0 Å². The number of ether oxygens (including phenoxy) is 1. The molecule has 7 nitrogen and oxygen atoms in total. The molecule has 4 unspecified atom stereocenters. The van der Waals surface area contributed by atoms with E-state index in [2.05, 4.69) is 10.3 Å². The Hall–Kier alpha value is -5.04. The first-order valence-corrected chi connectivity index (χ1v) is 13.1. The van der Waals surface area contributed by atoms with Gasteiger partial charge in [-0.3, -0.25) is 19.4 Å². The number of carbonyl (C=O) groups is 3. The van der Waals surface area contributed by atoms with Crippen molar-refractivity contribution >= 4 is 34.9 Å². The summed E-state index contributed by atoms with van der Waals surface area (Å²) in [4.78, 5) is 49.8. The summed E-state index contributed by atoms with van der Waals surface area (Å²) >= 11 is 0. The molecule has 7 rings (SSSR count). The number of carbonyl (C=O) groups excluding carboxylic acids is 3. The van der Waals surface area contributed by atoms with Crippen molar-refractivity contribution in [3.8, 4) is 5.75 Å². The highest BCUT2D eigenvalue weighted by molar-refractivity contribution is 6.18. The molecule has 196 valence electrons. The van der Waals surface area contributed by atoms with E-state index in [4.69, 9.17) is 4.74 Å². The van der Waals surface area contributed by atoms with Crippen molar-refractivity contribution in [3.63, 3.8) is 0 Å². The van der Waals surface area contributed by atoms with Crippen LogP contribution >= 0.6 is 0 Å². The number of fused-ring (bicyclic) bond motifs is 6. The number of ketones is 2. The molecule has 3 aromatic carbocycles. The third-order valence-corrected chi connectivity index (χ3v) is 8.39. The number of Topliss-reactive ketones (excluding diaryl/α,β-unsaturated/α-hetero) is 2. The van der Waals surface area contributed by atoms with Gasteiger partial charge in [0, 0.05) is 34.9 Å². The molecular formula is C33H25N3O4. The van der Waals surface area contributed by atoms with Gasteiger partial charge in [-0.15, -0.1) is 0 Å². The van der Waals surface area contributed by atoms with Crippen molar-refractivity contribution in [1.29, 1.82) is 0 Å². The summed E-state index contributed by atoms with van der Waals surface area (Å²) in [6.45, 7) is 0. The molecule has 1 N–H and O–H groups in total. The van der Waals surface area contributed by atoms with Crippen molar-refractivity contribution < 1.29 is 19.1 Å². The van der Waals surface area contributed by atoms with E-state index in [1.807, 2.05) is 65.6 Å². The maximum absolute atomic E-state index is 14.7. The Morgan fingerprint density at radius 1 is 0.925 bits per heavy atom. The molecule has 1 fully saturated rings. The monoisotopic (exact) mass is 527 g/mol. The van der Waals surface area contributed by atoms with Gasteiger partial charge >= 0.3 is 0 Å². The Labute approximate surface area is 231 Å². The lowest BCUT2D eigenvalue weighted by Gasteiger charge is -2.37. The SMILES string of the molecule is COc1cccc(C(=O)C2C(C(=O)c3cccnc3)C3(C(=O)Nc4ccccc43)C3C=Cc4ccccc4N23)c1. The van der Waals surface area contributed by atoms with Gasteiger partial charge in [-0.05, 0) is 47.5 Å². The summed E-state index contributed by atoms with van der Waals surface area (Å²) in [5.74, 6) is -1.37. The molecule has 40 heavy (non-hydrogen) atoms. The van der Waals surface area contributed by atoms with Crippen molar-refractivity contribution in [3.05, 3.63) is 126 Å². The number of anilines is 2. The van der Waals surface area contributed by atoms with Crippen molar-refractivity contribution in [2.24, 2.45) is 5.92 Å². The number of hydrogen-bond acceptors (Lipinski definition) is 6. The first-order chi connectivity index (χ1) is 19.6. The Morgan fingerprint density at radius 3 is 2.55 bits per heavy atom. The molecule has 3 aliphatic rings. The highest BCUT2D eigenvalue weighted by Crippen LogP contribution is 2.58. The maximum Gasteiger partial charge on any atom is 0.238 e. The van der Waals surface area contributed by atoms with Crippen LogP contribution in [0.1, 0.15) is 31.8 Å². The number of pyridine rings is 1. The predicted octanol–water partition coefficient (Wildman–Crippen LogP) is 4.95.